The summed E-state index contributed by atoms with van der Waals surface area (Å²) >= 11 is 2.98. The van der Waals surface area contributed by atoms with E-state index < -0.39 is 0 Å². The van der Waals surface area contributed by atoms with E-state index in [0.717, 1.165) is 35.2 Å². The van der Waals surface area contributed by atoms with Crippen LogP contribution in [-0.4, -0.2) is 14.8 Å². The second-order valence-electron chi connectivity index (χ2n) is 6.15. The average molecular weight is 367 g/mol. The van der Waals surface area contributed by atoms with Crippen LogP contribution in [0.25, 0.3) is 15.9 Å². The molecule has 0 unspecified atom stereocenters. The minimum Gasteiger partial charge on any atom is -0.268 e. The molecular weight excluding hydrogens is 350 g/mol. The van der Waals surface area contributed by atoms with Crippen molar-refractivity contribution in [3.05, 3.63) is 51.1 Å². The van der Waals surface area contributed by atoms with Crippen molar-refractivity contribution in [2.45, 2.75) is 43.0 Å². The van der Waals surface area contributed by atoms with Crippen LogP contribution < -0.4 is 5.56 Å². The number of para-hydroxylation sites is 1. The Morgan fingerprint density at radius 3 is 2.80 bits per heavy atom. The molecule has 2 heterocycles. The van der Waals surface area contributed by atoms with Gasteiger partial charge in [0.1, 0.15) is 4.83 Å². The lowest BCUT2D eigenvalue weighted by Crippen LogP contribution is -2.22. The molecule has 1 atom stereocenters. The molecule has 0 saturated carbocycles. The van der Waals surface area contributed by atoms with Crippen molar-refractivity contribution in [1.82, 2.24) is 9.55 Å². The topological polar surface area (TPSA) is 58.7 Å². The molecule has 6 heteroatoms. The van der Waals surface area contributed by atoms with Crippen molar-refractivity contribution in [3.8, 4) is 11.8 Å². The fourth-order valence-electron chi connectivity index (χ4n) is 3.25. The third kappa shape index (κ3) is 2.88. The first-order valence-electron chi connectivity index (χ1n) is 8.38. The zero-order valence-electron chi connectivity index (χ0n) is 13.9. The molecule has 0 spiro atoms. The van der Waals surface area contributed by atoms with Gasteiger partial charge >= 0.3 is 0 Å². The standard InChI is InChI=1S/C19H17N3OS2/c1-12(11-20)24-19-21-17-16(14-9-5-6-10-15(14)25-17)18(23)22(19)13-7-3-2-4-8-13/h2-4,7-8,12H,5-6,9-10H2,1H3/t12-/m1/s1. The summed E-state index contributed by atoms with van der Waals surface area (Å²) in [5.74, 6) is 0. The molecule has 1 aromatic carbocycles. The lowest BCUT2D eigenvalue weighted by molar-refractivity contribution is 0.699. The quantitative estimate of drug-likeness (QED) is 0.511. The lowest BCUT2D eigenvalue weighted by atomic mass is 9.97. The molecule has 126 valence electrons. The summed E-state index contributed by atoms with van der Waals surface area (Å²) in [6.45, 7) is 1.83. The molecule has 2 aromatic heterocycles. The number of thiophene rings is 1. The third-order valence-electron chi connectivity index (χ3n) is 4.44. The monoisotopic (exact) mass is 367 g/mol. The fraction of sp³-hybridized carbons (Fsp3) is 0.316. The minimum absolute atomic E-state index is 0.0109. The van der Waals surface area contributed by atoms with E-state index in [1.807, 2.05) is 37.3 Å². The summed E-state index contributed by atoms with van der Waals surface area (Å²) in [4.78, 5) is 20.3. The van der Waals surface area contributed by atoms with Crippen molar-refractivity contribution >= 4 is 33.3 Å². The van der Waals surface area contributed by atoms with E-state index in [1.54, 1.807) is 15.9 Å². The molecule has 0 saturated heterocycles. The Labute approximate surface area is 154 Å². The Morgan fingerprint density at radius 1 is 1.28 bits per heavy atom. The highest BCUT2D eigenvalue weighted by Crippen LogP contribution is 2.35. The molecule has 4 nitrogen and oxygen atoms in total. The van der Waals surface area contributed by atoms with E-state index in [-0.39, 0.29) is 10.8 Å². The number of hydrogen-bond acceptors (Lipinski definition) is 5. The number of hydrogen-bond donors (Lipinski definition) is 0. The smallest absolute Gasteiger partial charge is 0.267 e. The molecule has 1 aliphatic carbocycles. The second-order valence-corrected chi connectivity index (χ2v) is 8.54. The number of nitrogens with zero attached hydrogens (tertiary/aromatic N) is 3. The van der Waals surface area contributed by atoms with E-state index in [2.05, 4.69) is 6.07 Å². The predicted octanol–water partition coefficient (Wildman–Crippen LogP) is 4.33. The maximum absolute atomic E-state index is 13.4. The Kier molecular flexibility index (Phi) is 4.36. The maximum Gasteiger partial charge on any atom is 0.267 e. The predicted molar refractivity (Wildman–Crippen MR) is 103 cm³/mol. The van der Waals surface area contributed by atoms with Gasteiger partial charge in [-0.25, -0.2) is 4.98 Å². The summed E-state index contributed by atoms with van der Waals surface area (Å²) in [6, 6.07) is 11.8. The number of thioether (sulfide) groups is 1. The molecular formula is C19H17N3OS2. The number of fused-ring (bicyclic) bond motifs is 3. The number of benzene rings is 1. The number of rotatable bonds is 3. The van der Waals surface area contributed by atoms with Crippen LogP contribution in [0.2, 0.25) is 0 Å². The van der Waals surface area contributed by atoms with Gasteiger partial charge < -0.3 is 0 Å². The Bertz CT molecular complexity index is 1030. The van der Waals surface area contributed by atoms with Gasteiger partial charge in [-0.2, -0.15) is 5.26 Å². The first-order chi connectivity index (χ1) is 12.2. The summed E-state index contributed by atoms with van der Waals surface area (Å²) in [6.07, 6.45) is 4.31. The SMILES string of the molecule is C[C@H](C#N)Sc1nc2sc3c(c2c(=O)n1-c1ccccc1)CCCC3. The zero-order chi connectivity index (χ0) is 17.4. The van der Waals surface area contributed by atoms with Crippen LogP contribution in [0.1, 0.15) is 30.2 Å². The fourth-order valence-corrected chi connectivity index (χ4v) is 5.37. The Hall–Kier alpha value is -2.10. The van der Waals surface area contributed by atoms with Crippen molar-refractivity contribution in [2.75, 3.05) is 0 Å². The van der Waals surface area contributed by atoms with Gasteiger partial charge in [-0.05, 0) is 50.3 Å². The van der Waals surface area contributed by atoms with Crippen LogP contribution in [0.15, 0.2) is 40.3 Å². The largest absolute Gasteiger partial charge is 0.268 e. The van der Waals surface area contributed by atoms with Gasteiger partial charge in [-0.15, -0.1) is 11.3 Å². The lowest BCUT2D eigenvalue weighted by Gasteiger charge is -2.14. The van der Waals surface area contributed by atoms with Crippen molar-refractivity contribution in [3.63, 3.8) is 0 Å². The van der Waals surface area contributed by atoms with Gasteiger partial charge in [0.2, 0.25) is 0 Å². The minimum atomic E-state index is -0.270. The first kappa shape index (κ1) is 16.4. The van der Waals surface area contributed by atoms with Crippen LogP contribution in [0.5, 0.6) is 0 Å². The molecule has 1 aliphatic rings. The van der Waals surface area contributed by atoms with Gasteiger partial charge in [0.25, 0.3) is 5.56 Å². The average Bonchev–Trinajstić information content (AvgIpc) is 3.01. The van der Waals surface area contributed by atoms with Gasteiger partial charge in [0.05, 0.1) is 22.4 Å². The number of aromatic nitrogens is 2. The van der Waals surface area contributed by atoms with E-state index in [0.29, 0.717) is 5.16 Å². The van der Waals surface area contributed by atoms with Crippen LogP contribution in [0.4, 0.5) is 0 Å². The highest BCUT2D eigenvalue weighted by atomic mass is 32.2. The molecule has 4 rings (SSSR count). The molecule has 0 aliphatic heterocycles. The molecule has 0 N–H and O–H groups in total. The Morgan fingerprint density at radius 2 is 2.04 bits per heavy atom. The maximum atomic E-state index is 13.4. The zero-order valence-corrected chi connectivity index (χ0v) is 15.5. The molecule has 0 amide bonds. The Balaban J connectivity index is 2.02. The summed E-state index contributed by atoms with van der Waals surface area (Å²) in [5.41, 5.74) is 1.98. The van der Waals surface area contributed by atoms with Crippen LogP contribution in [-0.2, 0) is 12.8 Å². The molecule has 0 radical (unpaired) electrons. The summed E-state index contributed by atoms with van der Waals surface area (Å²) in [7, 11) is 0. The highest BCUT2D eigenvalue weighted by Gasteiger charge is 2.23. The van der Waals surface area contributed by atoms with E-state index in [1.165, 1.54) is 28.6 Å². The van der Waals surface area contributed by atoms with Crippen molar-refractivity contribution < 1.29 is 0 Å². The number of nitriles is 1. The number of aryl methyl sites for hydroxylation is 2. The molecule has 0 bridgehead atoms. The molecule has 25 heavy (non-hydrogen) atoms. The van der Waals surface area contributed by atoms with E-state index >= 15 is 0 Å². The third-order valence-corrected chi connectivity index (χ3v) is 6.57. The molecule has 0 fully saturated rings. The van der Waals surface area contributed by atoms with Crippen LogP contribution in [0, 0.1) is 11.3 Å². The summed E-state index contributed by atoms with van der Waals surface area (Å²) in [5, 5.41) is 10.3. The van der Waals surface area contributed by atoms with Gasteiger partial charge in [0.15, 0.2) is 5.16 Å². The van der Waals surface area contributed by atoms with Crippen molar-refractivity contribution in [1.29, 1.82) is 5.26 Å². The highest BCUT2D eigenvalue weighted by molar-refractivity contribution is 8.00. The van der Waals surface area contributed by atoms with Gasteiger partial charge in [-0.3, -0.25) is 9.36 Å². The van der Waals surface area contributed by atoms with E-state index in [4.69, 9.17) is 4.98 Å². The normalized spacial score (nSPS) is 14.9. The first-order valence-corrected chi connectivity index (χ1v) is 10.1. The van der Waals surface area contributed by atoms with Gasteiger partial charge in [0, 0.05) is 4.88 Å². The molecule has 3 aromatic rings. The van der Waals surface area contributed by atoms with Crippen molar-refractivity contribution in [2.24, 2.45) is 0 Å². The van der Waals surface area contributed by atoms with E-state index in [9.17, 15) is 10.1 Å². The van der Waals surface area contributed by atoms with Crippen LogP contribution in [0.3, 0.4) is 0 Å². The van der Waals surface area contributed by atoms with Gasteiger partial charge in [-0.1, -0.05) is 30.0 Å². The summed E-state index contributed by atoms with van der Waals surface area (Å²) < 4.78 is 1.67. The van der Waals surface area contributed by atoms with Crippen LogP contribution >= 0.6 is 23.1 Å². The second kappa shape index (κ2) is 6.66.